The van der Waals surface area contributed by atoms with Crippen molar-refractivity contribution in [1.82, 2.24) is 15.5 Å². The summed E-state index contributed by atoms with van der Waals surface area (Å²) in [5.41, 5.74) is 2.00. The zero-order chi connectivity index (χ0) is 20.5. The number of amides is 2. The molecule has 3 rings (SSSR count). The maximum Gasteiger partial charge on any atom is 0.234 e. The number of carbonyl (C=O) groups excluding carboxylic acids is 2. The molecule has 0 aromatic heterocycles. The summed E-state index contributed by atoms with van der Waals surface area (Å²) in [6.07, 6.45) is 2.68. The minimum atomic E-state index is -0.310. The topological polar surface area (TPSA) is 61.4 Å². The number of piperidine rings is 1. The normalized spacial score (nSPS) is 15.2. The maximum absolute atomic E-state index is 13.2. The van der Waals surface area contributed by atoms with Crippen LogP contribution in [0.5, 0.6) is 0 Å². The molecule has 5 heteroatoms. The van der Waals surface area contributed by atoms with Gasteiger partial charge in [-0.3, -0.25) is 14.5 Å². The number of rotatable bonds is 8. The predicted octanol–water partition coefficient (Wildman–Crippen LogP) is 2.93. The van der Waals surface area contributed by atoms with E-state index in [-0.39, 0.29) is 23.8 Å². The van der Waals surface area contributed by atoms with Crippen LogP contribution in [0.15, 0.2) is 60.7 Å². The Morgan fingerprint density at radius 3 is 2.03 bits per heavy atom. The highest BCUT2D eigenvalue weighted by Gasteiger charge is 2.27. The number of nitrogens with zero attached hydrogens (tertiary/aromatic N) is 1. The van der Waals surface area contributed by atoms with E-state index in [0.717, 1.165) is 50.0 Å². The Labute approximate surface area is 173 Å². The largest absolute Gasteiger partial charge is 0.355 e. The van der Waals surface area contributed by atoms with Crippen molar-refractivity contribution in [2.24, 2.45) is 0 Å². The monoisotopic (exact) mass is 393 g/mol. The van der Waals surface area contributed by atoms with E-state index in [4.69, 9.17) is 0 Å². The third-order valence-corrected chi connectivity index (χ3v) is 5.40. The molecule has 154 valence electrons. The molecule has 0 spiro atoms. The van der Waals surface area contributed by atoms with Crippen LogP contribution in [0.3, 0.4) is 0 Å². The van der Waals surface area contributed by atoms with Gasteiger partial charge in [0.05, 0.1) is 12.5 Å². The summed E-state index contributed by atoms with van der Waals surface area (Å²) in [7, 11) is 0. The molecule has 0 aliphatic carbocycles. The lowest BCUT2D eigenvalue weighted by molar-refractivity contribution is -0.124. The molecule has 1 aliphatic rings. The molecule has 0 unspecified atom stereocenters. The first-order valence-corrected chi connectivity index (χ1v) is 10.6. The van der Waals surface area contributed by atoms with Gasteiger partial charge in [0.1, 0.15) is 0 Å². The van der Waals surface area contributed by atoms with Crippen LogP contribution in [-0.4, -0.2) is 48.9 Å². The summed E-state index contributed by atoms with van der Waals surface area (Å²) in [6, 6.07) is 20.0. The van der Waals surface area contributed by atoms with E-state index >= 15 is 0 Å². The minimum absolute atomic E-state index is 0.0431. The molecule has 1 heterocycles. The lowest BCUT2D eigenvalue weighted by Gasteiger charge is -2.32. The smallest absolute Gasteiger partial charge is 0.234 e. The average molecular weight is 394 g/mol. The third kappa shape index (κ3) is 6.16. The van der Waals surface area contributed by atoms with E-state index < -0.39 is 0 Å². The van der Waals surface area contributed by atoms with Crippen molar-refractivity contribution in [2.75, 3.05) is 26.2 Å². The van der Waals surface area contributed by atoms with Gasteiger partial charge >= 0.3 is 0 Å². The number of likely N-dealkylation sites (tertiary alicyclic amines) is 1. The first-order valence-electron chi connectivity index (χ1n) is 10.6. The molecule has 2 aromatic rings. The molecule has 2 N–H and O–H groups in total. The van der Waals surface area contributed by atoms with E-state index in [2.05, 4.69) is 15.5 Å². The summed E-state index contributed by atoms with van der Waals surface area (Å²) in [4.78, 5) is 27.3. The maximum atomic E-state index is 13.2. The molecule has 29 heavy (non-hydrogen) atoms. The molecule has 5 nitrogen and oxygen atoms in total. The van der Waals surface area contributed by atoms with Crippen molar-refractivity contribution in [3.63, 3.8) is 0 Å². The second kappa shape index (κ2) is 10.8. The van der Waals surface area contributed by atoms with Crippen molar-refractivity contribution in [2.45, 2.75) is 38.1 Å². The van der Waals surface area contributed by atoms with E-state index in [9.17, 15) is 9.59 Å². The van der Waals surface area contributed by atoms with Gasteiger partial charge in [0, 0.05) is 25.7 Å². The Morgan fingerprint density at radius 1 is 0.966 bits per heavy atom. The molecular weight excluding hydrogens is 362 g/mol. The van der Waals surface area contributed by atoms with Crippen molar-refractivity contribution in [3.05, 3.63) is 71.8 Å². The second-order valence-corrected chi connectivity index (χ2v) is 7.66. The number of nitrogens with one attached hydrogen (secondary N) is 2. The third-order valence-electron chi connectivity index (χ3n) is 5.40. The van der Waals surface area contributed by atoms with Crippen LogP contribution in [0.2, 0.25) is 0 Å². The van der Waals surface area contributed by atoms with Crippen LogP contribution in [0.4, 0.5) is 0 Å². The van der Waals surface area contributed by atoms with Crippen LogP contribution < -0.4 is 10.6 Å². The van der Waals surface area contributed by atoms with Gasteiger partial charge in [-0.2, -0.15) is 0 Å². The van der Waals surface area contributed by atoms with Crippen LogP contribution >= 0.6 is 0 Å². The van der Waals surface area contributed by atoms with Gasteiger partial charge in [-0.25, -0.2) is 0 Å². The lowest BCUT2D eigenvalue weighted by atomic mass is 9.90. The summed E-state index contributed by atoms with van der Waals surface area (Å²) < 4.78 is 0. The highest BCUT2D eigenvalue weighted by Crippen LogP contribution is 2.25. The zero-order valence-corrected chi connectivity index (χ0v) is 17.1. The van der Waals surface area contributed by atoms with Crippen LogP contribution in [0.1, 0.15) is 43.2 Å². The Bertz CT molecular complexity index is 732. The second-order valence-electron chi connectivity index (χ2n) is 7.66. The first kappa shape index (κ1) is 21.1. The fourth-order valence-electron chi connectivity index (χ4n) is 3.83. The molecule has 1 aliphatic heterocycles. The van der Waals surface area contributed by atoms with Crippen LogP contribution in [-0.2, 0) is 9.59 Å². The van der Waals surface area contributed by atoms with Gasteiger partial charge in [-0.1, -0.05) is 67.6 Å². The highest BCUT2D eigenvalue weighted by atomic mass is 16.2. The summed E-state index contributed by atoms with van der Waals surface area (Å²) >= 11 is 0. The van der Waals surface area contributed by atoms with Gasteiger partial charge in [0.15, 0.2) is 0 Å². The summed E-state index contributed by atoms with van der Waals surface area (Å²) in [6.45, 7) is 4.87. The standard InChI is InChI=1S/C24H31N3O2/c1-2-15-25-22(28)18-27-16-13-21(14-17-27)26-24(29)23(19-9-5-3-6-10-19)20-11-7-4-8-12-20/h3-12,21,23H,2,13-18H2,1H3,(H,25,28)(H,26,29). The van der Waals surface area contributed by atoms with Crippen LogP contribution in [0, 0.1) is 0 Å². The van der Waals surface area contributed by atoms with E-state index in [0.29, 0.717) is 6.54 Å². The van der Waals surface area contributed by atoms with Gasteiger partial charge in [0.2, 0.25) is 11.8 Å². The van der Waals surface area contributed by atoms with Crippen LogP contribution in [0.25, 0.3) is 0 Å². The molecule has 1 saturated heterocycles. The highest BCUT2D eigenvalue weighted by molar-refractivity contribution is 5.87. The molecule has 1 fully saturated rings. The van der Waals surface area contributed by atoms with E-state index in [1.807, 2.05) is 67.6 Å². The van der Waals surface area contributed by atoms with Crippen molar-refractivity contribution in [3.8, 4) is 0 Å². The lowest BCUT2D eigenvalue weighted by Crippen LogP contribution is -2.48. The fraction of sp³-hybridized carbons (Fsp3) is 0.417. The molecule has 2 aromatic carbocycles. The molecule has 0 bridgehead atoms. The van der Waals surface area contributed by atoms with Gasteiger partial charge < -0.3 is 10.6 Å². The average Bonchev–Trinajstić information content (AvgIpc) is 2.75. The summed E-state index contributed by atoms with van der Waals surface area (Å²) in [5.74, 6) is -0.181. The van der Waals surface area contributed by atoms with E-state index in [1.165, 1.54) is 0 Å². The number of hydrogen-bond donors (Lipinski definition) is 2. The Kier molecular flexibility index (Phi) is 7.82. The molecule has 0 saturated carbocycles. The van der Waals surface area contributed by atoms with Crippen molar-refractivity contribution >= 4 is 11.8 Å². The summed E-state index contributed by atoms with van der Waals surface area (Å²) in [5, 5.41) is 6.18. The molecule has 0 atom stereocenters. The zero-order valence-electron chi connectivity index (χ0n) is 17.1. The number of hydrogen-bond acceptors (Lipinski definition) is 3. The fourth-order valence-corrected chi connectivity index (χ4v) is 3.83. The minimum Gasteiger partial charge on any atom is -0.355 e. The number of benzene rings is 2. The van der Waals surface area contributed by atoms with Crippen molar-refractivity contribution < 1.29 is 9.59 Å². The van der Waals surface area contributed by atoms with E-state index in [1.54, 1.807) is 0 Å². The number of carbonyl (C=O) groups is 2. The Hall–Kier alpha value is -2.66. The SMILES string of the molecule is CCCNC(=O)CN1CCC(NC(=O)C(c2ccccc2)c2ccccc2)CC1. The Balaban J connectivity index is 1.58. The van der Waals surface area contributed by atoms with Gasteiger partial charge in [0.25, 0.3) is 0 Å². The van der Waals surface area contributed by atoms with Gasteiger partial charge in [-0.15, -0.1) is 0 Å². The molecular formula is C24H31N3O2. The molecule has 0 radical (unpaired) electrons. The molecule has 2 amide bonds. The van der Waals surface area contributed by atoms with Gasteiger partial charge in [-0.05, 0) is 30.4 Å². The Morgan fingerprint density at radius 2 is 1.52 bits per heavy atom. The van der Waals surface area contributed by atoms with Crippen molar-refractivity contribution in [1.29, 1.82) is 0 Å². The quantitative estimate of drug-likeness (QED) is 0.725. The first-order chi connectivity index (χ1) is 14.2. The predicted molar refractivity (Wildman–Crippen MR) is 116 cm³/mol.